The molecule has 0 amide bonds. The van der Waals surface area contributed by atoms with E-state index in [0.29, 0.717) is 5.17 Å². The van der Waals surface area contributed by atoms with Gasteiger partial charge in [0.05, 0.1) is 23.3 Å². The predicted molar refractivity (Wildman–Crippen MR) is 83.0 cm³/mol. The van der Waals surface area contributed by atoms with Crippen LogP contribution in [0.5, 0.6) is 0 Å². The van der Waals surface area contributed by atoms with Gasteiger partial charge in [-0.15, -0.1) is 0 Å². The smallest absolute Gasteiger partial charge is 0.177 e. The largest absolute Gasteiger partial charge is 0.256 e. The molecule has 2 heterocycles. The normalized spacial score (nSPS) is 28.1. The van der Waals surface area contributed by atoms with Crippen molar-refractivity contribution in [2.24, 2.45) is 10.1 Å². The number of nitrogens with zero attached hydrogens (tertiary/aromatic N) is 2. The first-order valence-corrected chi connectivity index (χ1v) is 9.04. The standard InChI is InChI=1S/C13H15N3O2S2/c1-9(10-5-3-2-4-6-10)15-16-13-14-11-7-20(17,18)8-12(11)19-13/h2-6,11-12H,7-8H2,1H3,(H,14,16)/b15-9-/t11-,12+/m1/s1. The van der Waals surface area contributed by atoms with Crippen LogP contribution in [0.4, 0.5) is 0 Å². The molecule has 0 radical (unpaired) electrons. The Hall–Kier alpha value is -1.34. The van der Waals surface area contributed by atoms with E-state index in [4.69, 9.17) is 0 Å². The van der Waals surface area contributed by atoms with Crippen LogP contribution < -0.4 is 5.43 Å². The number of fused-ring (bicyclic) bond motifs is 1. The van der Waals surface area contributed by atoms with E-state index in [-0.39, 0.29) is 22.8 Å². The number of hydrazone groups is 1. The van der Waals surface area contributed by atoms with Crippen molar-refractivity contribution in [1.82, 2.24) is 5.43 Å². The van der Waals surface area contributed by atoms with Crippen LogP contribution in [0.3, 0.4) is 0 Å². The van der Waals surface area contributed by atoms with Crippen LogP contribution in [0.15, 0.2) is 40.4 Å². The van der Waals surface area contributed by atoms with Gasteiger partial charge in [0, 0.05) is 5.25 Å². The summed E-state index contributed by atoms with van der Waals surface area (Å²) in [6.45, 7) is 1.92. The lowest BCUT2D eigenvalue weighted by Crippen LogP contribution is -2.17. The van der Waals surface area contributed by atoms with E-state index in [2.05, 4.69) is 15.5 Å². The lowest BCUT2D eigenvalue weighted by molar-refractivity contribution is 0.601. The molecule has 0 spiro atoms. The van der Waals surface area contributed by atoms with Gasteiger partial charge in [0.1, 0.15) is 0 Å². The molecular formula is C13H15N3O2S2. The van der Waals surface area contributed by atoms with Crippen molar-refractivity contribution in [1.29, 1.82) is 0 Å². The van der Waals surface area contributed by atoms with Crippen molar-refractivity contribution in [2.75, 3.05) is 11.5 Å². The second kappa shape index (κ2) is 5.21. The Labute approximate surface area is 122 Å². The number of benzene rings is 1. The van der Waals surface area contributed by atoms with Crippen LogP contribution in [-0.2, 0) is 9.84 Å². The maximum atomic E-state index is 11.5. The van der Waals surface area contributed by atoms with Crippen LogP contribution >= 0.6 is 11.8 Å². The van der Waals surface area contributed by atoms with E-state index >= 15 is 0 Å². The van der Waals surface area contributed by atoms with Crippen LogP contribution in [0, 0.1) is 0 Å². The summed E-state index contributed by atoms with van der Waals surface area (Å²) in [7, 11) is -2.89. The minimum Gasteiger partial charge on any atom is -0.256 e. The van der Waals surface area contributed by atoms with E-state index in [1.54, 1.807) is 0 Å². The fourth-order valence-electron chi connectivity index (χ4n) is 2.29. The molecule has 1 aromatic rings. The summed E-state index contributed by atoms with van der Waals surface area (Å²) in [5, 5.41) is 5.07. The number of amidine groups is 1. The van der Waals surface area contributed by atoms with E-state index in [1.165, 1.54) is 11.8 Å². The number of thioether (sulfide) groups is 1. The molecule has 0 unspecified atom stereocenters. The van der Waals surface area contributed by atoms with Gasteiger partial charge in [0.25, 0.3) is 0 Å². The lowest BCUT2D eigenvalue weighted by Gasteiger charge is -2.04. The molecule has 3 rings (SSSR count). The summed E-state index contributed by atoms with van der Waals surface area (Å²) < 4.78 is 22.9. The minimum atomic E-state index is -2.89. The lowest BCUT2D eigenvalue weighted by atomic mass is 10.1. The highest BCUT2D eigenvalue weighted by molar-refractivity contribution is 8.15. The molecule has 106 valence electrons. The zero-order chi connectivity index (χ0) is 14.2. The number of hydrogen-bond acceptors (Lipinski definition) is 6. The number of nitrogens with one attached hydrogen (secondary N) is 1. The van der Waals surface area contributed by atoms with Crippen molar-refractivity contribution in [3.63, 3.8) is 0 Å². The third kappa shape index (κ3) is 2.88. The Morgan fingerprint density at radius 1 is 1.35 bits per heavy atom. The van der Waals surface area contributed by atoms with Gasteiger partial charge >= 0.3 is 0 Å². The Kier molecular flexibility index (Phi) is 3.55. The zero-order valence-corrected chi connectivity index (χ0v) is 12.6. The molecule has 2 atom stereocenters. The van der Waals surface area contributed by atoms with Crippen molar-refractivity contribution in [2.45, 2.75) is 18.2 Å². The maximum absolute atomic E-state index is 11.5. The molecule has 7 heteroatoms. The Morgan fingerprint density at radius 3 is 2.80 bits per heavy atom. The molecule has 0 bridgehead atoms. The highest BCUT2D eigenvalue weighted by Crippen LogP contribution is 2.33. The second-order valence-electron chi connectivity index (χ2n) is 4.91. The first-order valence-electron chi connectivity index (χ1n) is 6.34. The highest BCUT2D eigenvalue weighted by Gasteiger charge is 2.42. The van der Waals surface area contributed by atoms with Crippen LogP contribution in [0.25, 0.3) is 0 Å². The number of sulfone groups is 1. The fourth-order valence-corrected chi connectivity index (χ4v) is 5.88. The van der Waals surface area contributed by atoms with Gasteiger partial charge in [0.2, 0.25) is 0 Å². The third-order valence-electron chi connectivity index (χ3n) is 3.33. The van der Waals surface area contributed by atoms with Crippen LogP contribution in [-0.4, -0.2) is 42.1 Å². The molecule has 0 aliphatic carbocycles. The minimum absolute atomic E-state index is 0.0507. The summed E-state index contributed by atoms with van der Waals surface area (Å²) in [5.74, 6) is 0.385. The van der Waals surface area contributed by atoms with E-state index in [9.17, 15) is 8.42 Å². The maximum Gasteiger partial charge on any atom is 0.177 e. The Morgan fingerprint density at radius 2 is 2.10 bits per heavy atom. The van der Waals surface area contributed by atoms with Crippen molar-refractivity contribution >= 4 is 32.5 Å². The molecule has 20 heavy (non-hydrogen) atoms. The molecule has 1 N–H and O–H groups in total. The molecule has 0 aromatic heterocycles. The summed E-state index contributed by atoms with van der Waals surface area (Å²) >= 11 is 1.47. The summed E-state index contributed by atoms with van der Waals surface area (Å²) in [5.41, 5.74) is 4.86. The van der Waals surface area contributed by atoms with Gasteiger partial charge in [-0.05, 0) is 12.5 Å². The van der Waals surface area contributed by atoms with E-state index in [0.717, 1.165) is 11.3 Å². The summed E-state index contributed by atoms with van der Waals surface area (Å²) in [6, 6.07) is 9.76. The predicted octanol–water partition coefficient (Wildman–Crippen LogP) is 1.27. The molecule has 2 aliphatic rings. The molecule has 2 aliphatic heterocycles. The van der Waals surface area contributed by atoms with Gasteiger partial charge in [-0.1, -0.05) is 42.1 Å². The van der Waals surface area contributed by atoms with E-state index < -0.39 is 9.84 Å². The van der Waals surface area contributed by atoms with Crippen molar-refractivity contribution < 1.29 is 8.42 Å². The molecule has 1 aromatic carbocycles. The molecule has 1 saturated heterocycles. The molecule has 1 fully saturated rings. The third-order valence-corrected chi connectivity index (χ3v) is 6.46. The number of aliphatic imine (C=N–C) groups is 1. The Bertz CT molecular complexity index is 668. The first kappa shape index (κ1) is 13.6. The first-order chi connectivity index (χ1) is 9.53. The van der Waals surface area contributed by atoms with Gasteiger partial charge in [-0.3, -0.25) is 10.4 Å². The quantitative estimate of drug-likeness (QED) is 0.660. The average Bonchev–Trinajstić information content (AvgIpc) is 2.90. The van der Waals surface area contributed by atoms with Gasteiger partial charge < -0.3 is 0 Å². The number of rotatable bonds is 2. The van der Waals surface area contributed by atoms with E-state index in [1.807, 2.05) is 37.3 Å². The van der Waals surface area contributed by atoms with Crippen molar-refractivity contribution in [3.05, 3.63) is 35.9 Å². The SMILES string of the molecule is C/C(=N/NC1=N[C@@H]2CS(=O)(=O)C[C@@H]2S1)c1ccccc1. The highest BCUT2D eigenvalue weighted by atomic mass is 32.2. The van der Waals surface area contributed by atoms with Gasteiger partial charge in [-0.25, -0.2) is 8.42 Å². The number of hydrogen-bond donors (Lipinski definition) is 1. The summed E-state index contributed by atoms with van der Waals surface area (Å²) in [6.07, 6.45) is 0. The molecule has 0 saturated carbocycles. The van der Waals surface area contributed by atoms with Crippen LogP contribution in [0.1, 0.15) is 12.5 Å². The van der Waals surface area contributed by atoms with Gasteiger partial charge in [-0.2, -0.15) is 5.10 Å². The monoisotopic (exact) mass is 309 g/mol. The van der Waals surface area contributed by atoms with Gasteiger partial charge in [0.15, 0.2) is 15.0 Å². The Balaban J connectivity index is 1.66. The zero-order valence-electron chi connectivity index (χ0n) is 11.0. The average molecular weight is 309 g/mol. The fraction of sp³-hybridized carbons (Fsp3) is 0.385. The summed E-state index contributed by atoms with van der Waals surface area (Å²) in [4.78, 5) is 4.39. The van der Waals surface area contributed by atoms with Crippen molar-refractivity contribution in [3.8, 4) is 0 Å². The second-order valence-corrected chi connectivity index (χ2v) is 8.29. The molecular weight excluding hydrogens is 294 g/mol. The topological polar surface area (TPSA) is 70.9 Å². The molecule has 5 nitrogen and oxygen atoms in total. The van der Waals surface area contributed by atoms with Crippen LogP contribution in [0.2, 0.25) is 0 Å².